The van der Waals surface area contributed by atoms with E-state index < -0.39 is 0 Å². The summed E-state index contributed by atoms with van der Waals surface area (Å²) < 4.78 is 18.9. The Morgan fingerprint density at radius 2 is 1.70 bits per heavy atom. The molecule has 0 saturated carbocycles. The smallest absolute Gasteiger partial charge is 0.253 e. The van der Waals surface area contributed by atoms with Crippen molar-refractivity contribution >= 4 is 23.5 Å². The summed E-state index contributed by atoms with van der Waals surface area (Å²) in [6, 6.07) is 18.4. The quantitative estimate of drug-likeness (QED) is 0.296. The third-order valence-corrected chi connectivity index (χ3v) is 8.48. The summed E-state index contributed by atoms with van der Waals surface area (Å²) in [5.41, 5.74) is 4.16. The highest BCUT2D eigenvalue weighted by atomic mass is 19.1. The number of aromatic nitrogens is 3. The van der Waals surface area contributed by atoms with Crippen molar-refractivity contribution in [2.24, 2.45) is 0 Å². The Balaban J connectivity index is 1.13. The van der Waals surface area contributed by atoms with Gasteiger partial charge in [0.2, 0.25) is 5.95 Å². The number of amides is 1. The molecule has 0 spiro atoms. The Kier molecular flexibility index (Phi) is 8.58. The molecule has 0 bridgehead atoms. The van der Waals surface area contributed by atoms with Gasteiger partial charge in [0.1, 0.15) is 23.2 Å². The molecule has 2 aromatic heterocycles. The van der Waals surface area contributed by atoms with Crippen molar-refractivity contribution in [2.45, 2.75) is 39.3 Å². The van der Waals surface area contributed by atoms with Crippen LogP contribution in [0.25, 0.3) is 11.3 Å². The first-order valence-electron chi connectivity index (χ1n) is 15.2. The normalized spacial score (nSPS) is 16.7. The van der Waals surface area contributed by atoms with E-state index in [0.29, 0.717) is 18.2 Å². The molecule has 2 aliphatic heterocycles. The van der Waals surface area contributed by atoms with Gasteiger partial charge in [-0.2, -0.15) is 4.98 Å². The molecule has 4 heterocycles. The number of anilines is 3. The number of pyridine rings is 1. The molecule has 4 aromatic rings. The van der Waals surface area contributed by atoms with E-state index in [1.165, 1.54) is 12.1 Å². The third-order valence-electron chi connectivity index (χ3n) is 8.48. The van der Waals surface area contributed by atoms with Crippen LogP contribution in [0.1, 0.15) is 41.3 Å². The predicted octanol–water partition coefficient (Wildman–Crippen LogP) is 5.24. The molecule has 228 valence electrons. The average Bonchev–Trinajstić information content (AvgIpc) is 3.49. The van der Waals surface area contributed by atoms with Gasteiger partial charge in [0.25, 0.3) is 5.91 Å². The lowest BCUT2D eigenvalue weighted by molar-refractivity contribution is 0.0950. The summed E-state index contributed by atoms with van der Waals surface area (Å²) in [6.45, 7) is 8.63. The van der Waals surface area contributed by atoms with E-state index in [1.807, 2.05) is 43.3 Å². The number of piperazine rings is 1. The number of aryl methyl sites for hydroxylation is 1. The topological polar surface area (TPSA) is 86.7 Å². The molecule has 1 N–H and O–H groups in total. The highest BCUT2D eigenvalue weighted by Crippen LogP contribution is 2.30. The molecule has 2 aromatic carbocycles. The molecular formula is C34H38FN7O2. The Bertz CT molecular complexity index is 1610. The van der Waals surface area contributed by atoms with Crippen molar-refractivity contribution in [1.29, 1.82) is 0 Å². The standard InChI is InChI=1S/C34H38FN7O2/c1-23-19-27(33(43)37-21-25-6-12-29(44-3)13-7-25)22-36-32(23)41-17-15-40(16-18-41)31-20-30(26-8-10-28(35)11-9-26)38-34(39-31)42-14-4-5-24(42)2/h6-13,19-20,22,24H,4-5,14-18,21H2,1-3H3,(H,37,43). The Labute approximate surface area is 257 Å². The number of nitrogens with zero attached hydrogens (tertiary/aromatic N) is 6. The number of nitrogens with one attached hydrogen (secondary N) is 1. The zero-order chi connectivity index (χ0) is 30.6. The molecule has 1 amide bonds. The first-order chi connectivity index (χ1) is 21.4. The fraction of sp³-hybridized carbons (Fsp3) is 0.353. The van der Waals surface area contributed by atoms with Crippen LogP contribution in [-0.2, 0) is 6.54 Å². The molecule has 0 aliphatic carbocycles. The van der Waals surface area contributed by atoms with Gasteiger partial charge in [-0.1, -0.05) is 12.1 Å². The summed E-state index contributed by atoms with van der Waals surface area (Å²) in [5, 5.41) is 2.98. The van der Waals surface area contributed by atoms with Crippen LogP contribution in [0.15, 0.2) is 66.9 Å². The highest BCUT2D eigenvalue weighted by molar-refractivity contribution is 5.94. The lowest BCUT2D eigenvalue weighted by Crippen LogP contribution is -2.47. The SMILES string of the molecule is COc1ccc(CNC(=O)c2cnc(N3CCN(c4cc(-c5ccc(F)cc5)nc(N5CCCC5C)n4)CC3)c(C)c2)cc1. The monoisotopic (exact) mass is 595 g/mol. The number of hydrogen-bond donors (Lipinski definition) is 1. The van der Waals surface area contributed by atoms with E-state index in [-0.39, 0.29) is 11.7 Å². The van der Waals surface area contributed by atoms with Crippen LogP contribution in [-0.4, -0.2) is 66.7 Å². The zero-order valence-electron chi connectivity index (χ0n) is 25.5. The molecule has 2 fully saturated rings. The molecule has 1 unspecified atom stereocenters. The maximum absolute atomic E-state index is 13.7. The molecular weight excluding hydrogens is 557 g/mol. The molecule has 0 radical (unpaired) electrons. The van der Waals surface area contributed by atoms with Crippen molar-refractivity contribution in [1.82, 2.24) is 20.3 Å². The fourth-order valence-electron chi connectivity index (χ4n) is 5.91. The van der Waals surface area contributed by atoms with Gasteiger partial charge in [-0.3, -0.25) is 4.79 Å². The predicted molar refractivity (Wildman–Crippen MR) is 171 cm³/mol. The fourth-order valence-corrected chi connectivity index (χ4v) is 5.91. The second-order valence-corrected chi connectivity index (χ2v) is 11.5. The van der Waals surface area contributed by atoms with Gasteiger partial charge in [-0.15, -0.1) is 0 Å². The third kappa shape index (κ3) is 6.44. The molecule has 2 aliphatic rings. The first kappa shape index (κ1) is 29.3. The maximum Gasteiger partial charge on any atom is 0.253 e. The molecule has 2 saturated heterocycles. The van der Waals surface area contributed by atoms with Crippen LogP contribution >= 0.6 is 0 Å². The van der Waals surface area contributed by atoms with Gasteiger partial charge in [0.15, 0.2) is 0 Å². The van der Waals surface area contributed by atoms with Crippen LogP contribution in [0.5, 0.6) is 5.75 Å². The number of hydrogen-bond acceptors (Lipinski definition) is 8. The van der Waals surface area contributed by atoms with Crippen molar-refractivity contribution in [3.8, 4) is 17.0 Å². The van der Waals surface area contributed by atoms with Crippen molar-refractivity contribution < 1.29 is 13.9 Å². The van der Waals surface area contributed by atoms with E-state index in [2.05, 4.69) is 26.9 Å². The number of methoxy groups -OCH3 is 1. The Morgan fingerprint density at radius 1 is 0.977 bits per heavy atom. The lowest BCUT2D eigenvalue weighted by Gasteiger charge is -2.37. The van der Waals surface area contributed by atoms with Gasteiger partial charge in [-0.25, -0.2) is 14.4 Å². The number of benzene rings is 2. The molecule has 44 heavy (non-hydrogen) atoms. The number of rotatable bonds is 8. The maximum atomic E-state index is 13.7. The van der Waals surface area contributed by atoms with Crippen LogP contribution in [0.3, 0.4) is 0 Å². The molecule has 6 rings (SSSR count). The van der Waals surface area contributed by atoms with Gasteiger partial charge >= 0.3 is 0 Å². The zero-order valence-corrected chi connectivity index (χ0v) is 25.5. The summed E-state index contributed by atoms with van der Waals surface area (Å²) in [4.78, 5) is 34.3. The summed E-state index contributed by atoms with van der Waals surface area (Å²) in [5.74, 6) is 2.85. The van der Waals surface area contributed by atoms with E-state index in [4.69, 9.17) is 19.7 Å². The molecule has 9 nitrogen and oxygen atoms in total. The minimum absolute atomic E-state index is 0.156. The van der Waals surface area contributed by atoms with E-state index in [1.54, 1.807) is 25.4 Å². The van der Waals surface area contributed by atoms with E-state index in [0.717, 1.165) is 91.3 Å². The minimum Gasteiger partial charge on any atom is -0.497 e. The van der Waals surface area contributed by atoms with Crippen LogP contribution in [0.4, 0.5) is 22.0 Å². The van der Waals surface area contributed by atoms with Crippen LogP contribution < -0.4 is 24.8 Å². The number of carbonyl (C=O) groups is 1. The van der Waals surface area contributed by atoms with Crippen molar-refractivity contribution in [3.05, 3.63) is 89.4 Å². The van der Waals surface area contributed by atoms with Crippen LogP contribution in [0.2, 0.25) is 0 Å². The molecule has 1 atom stereocenters. The Morgan fingerprint density at radius 3 is 2.36 bits per heavy atom. The van der Waals surface area contributed by atoms with Crippen molar-refractivity contribution in [3.63, 3.8) is 0 Å². The first-order valence-corrected chi connectivity index (χ1v) is 15.2. The highest BCUT2D eigenvalue weighted by Gasteiger charge is 2.26. The summed E-state index contributed by atoms with van der Waals surface area (Å²) in [6.07, 6.45) is 3.89. The van der Waals surface area contributed by atoms with Gasteiger partial charge in [0.05, 0.1) is 18.4 Å². The summed E-state index contributed by atoms with van der Waals surface area (Å²) >= 11 is 0. The van der Waals surface area contributed by atoms with Crippen molar-refractivity contribution in [2.75, 3.05) is 54.5 Å². The summed E-state index contributed by atoms with van der Waals surface area (Å²) in [7, 11) is 1.63. The second-order valence-electron chi connectivity index (χ2n) is 11.5. The number of ether oxygens (including phenoxy) is 1. The van der Waals surface area contributed by atoms with Gasteiger partial charge < -0.3 is 24.8 Å². The molecule has 10 heteroatoms. The average molecular weight is 596 g/mol. The largest absolute Gasteiger partial charge is 0.497 e. The van der Waals surface area contributed by atoms with E-state index in [9.17, 15) is 9.18 Å². The number of halogens is 1. The van der Waals surface area contributed by atoms with E-state index >= 15 is 0 Å². The Hall–Kier alpha value is -4.73. The van der Waals surface area contributed by atoms with Crippen LogP contribution in [0, 0.1) is 12.7 Å². The lowest BCUT2D eigenvalue weighted by atomic mass is 10.1. The number of carbonyl (C=O) groups excluding carboxylic acids is 1. The minimum atomic E-state index is -0.265. The second kappa shape index (κ2) is 12.9. The van der Waals surface area contributed by atoms with Gasteiger partial charge in [-0.05, 0) is 80.3 Å². The van der Waals surface area contributed by atoms with Gasteiger partial charge in [0, 0.05) is 63.1 Å².